The fourth-order valence-corrected chi connectivity index (χ4v) is 4.64. The van der Waals surface area contributed by atoms with Crippen molar-refractivity contribution in [1.29, 1.82) is 0 Å². The Hall–Kier alpha value is -2.15. The monoisotopic (exact) mass is 516 g/mol. The van der Waals surface area contributed by atoms with E-state index in [1.54, 1.807) is 0 Å². The second-order valence-electron chi connectivity index (χ2n) is 10.7. The Balaban J connectivity index is 0.00000684. The number of nitrogens with zero attached hydrogens (tertiary/aromatic N) is 2. The van der Waals surface area contributed by atoms with Gasteiger partial charge in [0.05, 0.1) is 13.2 Å². The molecule has 0 saturated heterocycles. The van der Waals surface area contributed by atoms with Crippen LogP contribution >= 0.6 is 0 Å². The van der Waals surface area contributed by atoms with Gasteiger partial charge < -0.3 is 19.1 Å². The van der Waals surface area contributed by atoms with Gasteiger partial charge in [-0.3, -0.25) is 9.69 Å². The third-order valence-corrected chi connectivity index (χ3v) is 6.60. The lowest BCUT2D eigenvalue weighted by molar-refractivity contribution is -0.135. The van der Waals surface area contributed by atoms with Gasteiger partial charge in [0.1, 0.15) is 11.5 Å². The number of ether oxygens (including phenoxy) is 3. The minimum Gasteiger partial charge on any atom is -0.467 e. The molecule has 0 aliphatic heterocycles. The van der Waals surface area contributed by atoms with Crippen molar-refractivity contribution in [1.82, 2.24) is 9.80 Å². The van der Waals surface area contributed by atoms with E-state index in [-0.39, 0.29) is 38.6 Å². The molecule has 0 N–H and O–H groups in total. The Morgan fingerprint density at radius 2 is 1.81 bits per heavy atom. The van der Waals surface area contributed by atoms with Gasteiger partial charge in [0, 0.05) is 18.0 Å². The molecule has 6 nitrogen and oxygen atoms in total. The van der Waals surface area contributed by atoms with Crippen molar-refractivity contribution in [2.45, 2.75) is 72.6 Å². The van der Waals surface area contributed by atoms with E-state index in [0.29, 0.717) is 12.4 Å². The van der Waals surface area contributed by atoms with E-state index in [4.69, 9.17) is 14.2 Å². The Morgan fingerprint density at radius 1 is 1.11 bits per heavy atom. The predicted molar refractivity (Wildman–Crippen MR) is 155 cm³/mol. The summed E-state index contributed by atoms with van der Waals surface area (Å²) < 4.78 is 18.1. The molecule has 0 bridgehead atoms. The standard InChI is InChI=1S/C30H48N2O4.CH4/c1-9-10-11-12-24-18-27(35-21-34-16-15-31(5)6)30(28(19-24)36-29(33)20-32(7)8)26-17-23(4)13-14-25(26)22(2)3;/h17-19,25-26H,2,9-16,20-21H2,1,3-8H3;1H4. The number of allylic oxidation sites excluding steroid dienone is 3. The third kappa shape index (κ3) is 11.0. The predicted octanol–water partition coefficient (Wildman–Crippen LogP) is 6.45. The summed E-state index contributed by atoms with van der Waals surface area (Å²) in [6.07, 6.45) is 8.66. The van der Waals surface area contributed by atoms with Gasteiger partial charge in [0.15, 0.2) is 6.79 Å². The van der Waals surface area contributed by atoms with Crippen LogP contribution in [0.3, 0.4) is 0 Å². The number of aryl methyl sites for hydroxylation is 1. The van der Waals surface area contributed by atoms with Crippen molar-refractivity contribution < 1.29 is 19.0 Å². The lowest BCUT2D eigenvalue weighted by Gasteiger charge is -2.33. The molecule has 0 fully saturated rings. The van der Waals surface area contributed by atoms with E-state index in [0.717, 1.165) is 67.5 Å². The van der Waals surface area contributed by atoms with Crippen LogP contribution in [0, 0.1) is 5.92 Å². The minimum atomic E-state index is -0.275. The normalized spacial score (nSPS) is 17.4. The summed E-state index contributed by atoms with van der Waals surface area (Å²) in [5, 5.41) is 0. The summed E-state index contributed by atoms with van der Waals surface area (Å²) in [7, 11) is 7.78. The molecule has 2 atom stereocenters. The van der Waals surface area contributed by atoms with E-state index in [9.17, 15) is 4.79 Å². The number of unbranched alkanes of at least 4 members (excludes halogenated alkanes) is 2. The highest BCUT2D eigenvalue weighted by Crippen LogP contribution is 2.47. The molecule has 1 aliphatic carbocycles. The highest BCUT2D eigenvalue weighted by Gasteiger charge is 2.32. The molecule has 2 unspecified atom stereocenters. The number of hydrogen-bond acceptors (Lipinski definition) is 6. The second-order valence-corrected chi connectivity index (χ2v) is 10.7. The maximum absolute atomic E-state index is 12.8. The Labute approximate surface area is 226 Å². The molecule has 6 heteroatoms. The number of carbonyl (C=O) groups excluding carboxylic acids is 1. The summed E-state index contributed by atoms with van der Waals surface area (Å²) in [4.78, 5) is 16.7. The molecule has 1 aliphatic rings. The van der Waals surface area contributed by atoms with Crippen molar-refractivity contribution >= 4 is 5.97 Å². The van der Waals surface area contributed by atoms with Gasteiger partial charge in [-0.1, -0.05) is 51.0 Å². The number of carbonyl (C=O) groups is 1. The second kappa shape index (κ2) is 16.6. The molecule has 0 saturated carbocycles. The van der Waals surface area contributed by atoms with Crippen LogP contribution in [-0.4, -0.2) is 70.4 Å². The molecule has 0 heterocycles. The number of hydrogen-bond donors (Lipinski definition) is 0. The molecular formula is C31H52N2O4. The highest BCUT2D eigenvalue weighted by atomic mass is 16.7. The van der Waals surface area contributed by atoms with Crippen molar-refractivity contribution in [2.75, 3.05) is 54.7 Å². The first kappa shape index (κ1) is 32.9. The van der Waals surface area contributed by atoms with Crippen LogP contribution in [0.2, 0.25) is 0 Å². The Morgan fingerprint density at radius 3 is 2.43 bits per heavy atom. The van der Waals surface area contributed by atoms with Crippen molar-refractivity contribution in [3.63, 3.8) is 0 Å². The van der Waals surface area contributed by atoms with Gasteiger partial charge in [-0.05, 0) is 91.3 Å². The number of esters is 1. The smallest absolute Gasteiger partial charge is 0.325 e. The average Bonchev–Trinajstić information content (AvgIpc) is 2.78. The van der Waals surface area contributed by atoms with Crippen LogP contribution in [0.5, 0.6) is 11.5 Å². The fourth-order valence-electron chi connectivity index (χ4n) is 4.64. The molecular weight excluding hydrogens is 464 g/mol. The Bertz CT molecular complexity index is 891. The zero-order chi connectivity index (χ0) is 26.7. The van der Waals surface area contributed by atoms with Crippen LogP contribution in [0.15, 0.2) is 35.9 Å². The van der Waals surface area contributed by atoms with Crippen LogP contribution in [0.4, 0.5) is 0 Å². The van der Waals surface area contributed by atoms with E-state index < -0.39 is 0 Å². The van der Waals surface area contributed by atoms with Crippen LogP contribution < -0.4 is 9.47 Å². The third-order valence-electron chi connectivity index (χ3n) is 6.60. The van der Waals surface area contributed by atoms with Crippen LogP contribution in [-0.2, 0) is 16.0 Å². The highest BCUT2D eigenvalue weighted by molar-refractivity contribution is 5.75. The molecule has 0 radical (unpaired) electrons. The molecule has 0 aromatic heterocycles. The van der Waals surface area contributed by atoms with E-state index in [1.807, 2.05) is 39.2 Å². The summed E-state index contributed by atoms with van der Waals surface area (Å²) in [6.45, 7) is 12.5. The Kier molecular flexibility index (Phi) is 14.8. The van der Waals surface area contributed by atoms with Crippen molar-refractivity contribution in [3.8, 4) is 11.5 Å². The lowest BCUT2D eigenvalue weighted by Crippen LogP contribution is -2.27. The van der Waals surface area contributed by atoms with E-state index >= 15 is 0 Å². The van der Waals surface area contributed by atoms with Gasteiger partial charge in [-0.15, -0.1) is 0 Å². The first-order chi connectivity index (χ1) is 17.1. The summed E-state index contributed by atoms with van der Waals surface area (Å²) in [5.41, 5.74) is 4.51. The van der Waals surface area contributed by atoms with Gasteiger partial charge >= 0.3 is 5.97 Å². The van der Waals surface area contributed by atoms with Gasteiger partial charge in [0.25, 0.3) is 0 Å². The number of benzene rings is 1. The fraction of sp³-hybridized carbons (Fsp3) is 0.645. The van der Waals surface area contributed by atoms with E-state index in [1.165, 1.54) is 5.57 Å². The maximum Gasteiger partial charge on any atom is 0.325 e. The van der Waals surface area contributed by atoms with Gasteiger partial charge in [0.2, 0.25) is 0 Å². The summed E-state index contributed by atoms with van der Waals surface area (Å²) in [5.74, 6) is 1.34. The quantitative estimate of drug-likeness (QED) is 0.0877. The molecule has 1 aromatic carbocycles. The average molecular weight is 517 g/mol. The van der Waals surface area contributed by atoms with E-state index in [2.05, 4.69) is 44.4 Å². The molecule has 37 heavy (non-hydrogen) atoms. The summed E-state index contributed by atoms with van der Waals surface area (Å²) >= 11 is 0. The van der Waals surface area contributed by atoms with Gasteiger partial charge in [-0.25, -0.2) is 0 Å². The zero-order valence-electron chi connectivity index (χ0n) is 23.7. The molecule has 0 spiro atoms. The molecule has 1 aromatic rings. The maximum atomic E-state index is 12.8. The van der Waals surface area contributed by atoms with Crippen LogP contribution in [0.25, 0.3) is 0 Å². The number of likely N-dealkylation sites (N-methyl/N-ethyl adjacent to an activating group) is 2. The largest absolute Gasteiger partial charge is 0.467 e. The van der Waals surface area contributed by atoms with Crippen molar-refractivity contribution in [2.24, 2.45) is 5.92 Å². The van der Waals surface area contributed by atoms with Crippen molar-refractivity contribution in [3.05, 3.63) is 47.1 Å². The van der Waals surface area contributed by atoms with Crippen LogP contribution in [0.1, 0.15) is 77.3 Å². The first-order valence-corrected chi connectivity index (χ1v) is 13.3. The lowest BCUT2D eigenvalue weighted by atomic mass is 9.73. The molecule has 2 rings (SSSR count). The minimum absolute atomic E-state index is 0. The molecule has 210 valence electrons. The van der Waals surface area contributed by atoms with Gasteiger partial charge in [-0.2, -0.15) is 0 Å². The topological polar surface area (TPSA) is 51.2 Å². The number of rotatable bonds is 15. The summed E-state index contributed by atoms with van der Waals surface area (Å²) in [6, 6.07) is 4.17. The first-order valence-electron chi connectivity index (χ1n) is 13.3. The molecule has 0 amide bonds. The SMILES string of the molecule is C.C=C(C)C1CCC(C)=CC1c1c(OCOCCN(C)C)cc(CCCCC)cc1OC(=O)CN(C)C. The zero-order valence-corrected chi connectivity index (χ0v) is 23.7.